The van der Waals surface area contributed by atoms with Crippen LogP contribution in [-0.2, 0) is 9.59 Å². The zero-order chi connectivity index (χ0) is 18.0. The molecule has 0 aliphatic carbocycles. The van der Waals surface area contributed by atoms with Crippen molar-refractivity contribution in [2.75, 3.05) is 24.4 Å². The summed E-state index contributed by atoms with van der Waals surface area (Å²) in [5.74, 6) is -0.243. The van der Waals surface area contributed by atoms with Crippen LogP contribution >= 0.6 is 0 Å². The summed E-state index contributed by atoms with van der Waals surface area (Å²) in [5, 5.41) is 2.90. The topological polar surface area (TPSA) is 67.9 Å². The predicted octanol–water partition coefficient (Wildman–Crippen LogP) is 2.59. The van der Waals surface area contributed by atoms with Gasteiger partial charge in [0.2, 0.25) is 5.91 Å². The summed E-state index contributed by atoms with van der Waals surface area (Å²) >= 11 is 0. The first kappa shape index (κ1) is 16.8. The standard InChI is InChI=1S/C18H17FN2O4/c1-24-15-7-6-13(9-16(15)25-2)21-17(22)10-14(18(21)23)20-12-5-3-4-11(19)8-12/h3-9,14,20H,10H2,1-2H3/t14-/m0/s1. The van der Waals surface area contributed by atoms with Crippen LogP contribution in [0.2, 0.25) is 0 Å². The van der Waals surface area contributed by atoms with E-state index in [4.69, 9.17) is 9.47 Å². The average molecular weight is 344 g/mol. The van der Waals surface area contributed by atoms with Gasteiger partial charge in [0.25, 0.3) is 5.91 Å². The molecule has 1 heterocycles. The van der Waals surface area contributed by atoms with E-state index in [0.717, 1.165) is 4.90 Å². The van der Waals surface area contributed by atoms with Gasteiger partial charge in [-0.2, -0.15) is 0 Å². The van der Waals surface area contributed by atoms with Gasteiger partial charge >= 0.3 is 0 Å². The second-order valence-electron chi connectivity index (χ2n) is 5.52. The lowest BCUT2D eigenvalue weighted by molar-refractivity contribution is -0.121. The summed E-state index contributed by atoms with van der Waals surface area (Å²) in [6, 6.07) is 9.82. The van der Waals surface area contributed by atoms with E-state index in [9.17, 15) is 14.0 Å². The van der Waals surface area contributed by atoms with Crippen LogP contribution in [0.3, 0.4) is 0 Å². The van der Waals surface area contributed by atoms with Crippen LogP contribution in [0.25, 0.3) is 0 Å². The molecule has 0 radical (unpaired) electrons. The van der Waals surface area contributed by atoms with Gasteiger partial charge in [-0.15, -0.1) is 0 Å². The van der Waals surface area contributed by atoms with Gasteiger partial charge in [0.15, 0.2) is 11.5 Å². The second kappa shape index (κ2) is 6.80. The molecule has 2 amide bonds. The van der Waals surface area contributed by atoms with E-state index in [2.05, 4.69) is 5.32 Å². The smallest absolute Gasteiger partial charge is 0.256 e. The SMILES string of the molecule is COc1ccc(N2C(=O)C[C@H](Nc3cccc(F)c3)C2=O)cc1OC. The van der Waals surface area contributed by atoms with Gasteiger partial charge in [-0.3, -0.25) is 9.59 Å². The van der Waals surface area contributed by atoms with Crippen molar-refractivity contribution in [1.82, 2.24) is 0 Å². The second-order valence-corrected chi connectivity index (χ2v) is 5.52. The molecule has 2 aromatic carbocycles. The number of carbonyl (C=O) groups is 2. The van der Waals surface area contributed by atoms with Gasteiger partial charge in [0, 0.05) is 11.8 Å². The Kier molecular flexibility index (Phi) is 4.56. The quantitative estimate of drug-likeness (QED) is 0.845. The number of carbonyl (C=O) groups excluding carboxylic acids is 2. The summed E-state index contributed by atoms with van der Waals surface area (Å²) in [6.07, 6.45) is -0.0102. The highest BCUT2D eigenvalue weighted by atomic mass is 19.1. The zero-order valence-electron chi connectivity index (χ0n) is 13.8. The van der Waals surface area contributed by atoms with Crippen LogP contribution in [-0.4, -0.2) is 32.1 Å². The molecule has 0 unspecified atom stereocenters. The number of amides is 2. The summed E-state index contributed by atoms with van der Waals surface area (Å²) < 4.78 is 23.7. The summed E-state index contributed by atoms with van der Waals surface area (Å²) in [6.45, 7) is 0. The van der Waals surface area contributed by atoms with E-state index in [0.29, 0.717) is 22.9 Å². The Balaban J connectivity index is 1.84. The Morgan fingerprint density at radius 3 is 2.52 bits per heavy atom. The van der Waals surface area contributed by atoms with Crippen molar-refractivity contribution < 1.29 is 23.5 Å². The third kappa shape index (κ3) is 3.26. The van der Waals surface area contributed by atoms with Gasteiger partial charge in [0.05, 0.1) is 26.3 Å². The highest BCUT2D eigenvalue weighted by Gasteiger charge is 2.39. The minimum Gasteiger partial charge on any atom is -0.493 e. The van der Waals surface area contributed by atoms with Crippen LogP contribution in [0.15, 0.2) is 42.5 Å². The van der Waals surface area contributed by atoms with Crippen molar-refractivity contribution in [2.24, 2.45) is 0 Å². The Bertz CT molecular complexity index is 824. The molecule has 1 aliphatic rings. The van der Waals surface area contributed by atoms with Gasteiger partial charge in [-0.05, 0) is 30.3 Å². The van der Waals surface area contributed by atoms with Crippen molar-refractivity contribution in [3.63, 3.8) is 0 Å². The minimum atomic E-state index is -0.748. The molecule has 0 spiro atoms. The van der Waals surface area contributed by atoms with E-state index in [1.807, 2.05) is 0 Å². The molecule has 1 atom stereocenters. The fraction of sp³-hybridized carbons (Fsp3) is 0.222. The van der Waals surface area contributed by atoms with Crippen LogP contribution in [0, 0.1) is 5.82 Å². The number of benzene rings is 2. The number of halogens is 1. The van der Waals surface area contributed by atoms with Crippen LogP contribution in [0.4, 0.5) is 15.8 Å². The molecule has 1 aliphatic heterocycles. The number of anilines is 2. The van der Waals surface area contributed by atoms with E-state index in [1.54, 1.807) is 24.3 Å². The van der Waals surface area contributed by atoms with Crippen molar-refractivity contribution in [1.29, 1.82) is 0 Å². The monoisotopic (exact) mass is 344 g/mol. The molecule has 6 nitrogen and oxygen atoms in total. The Morgan fingerprint density at radius 2 is 1.84 bits per heavy atom. The molecule has 3 rings (SSSR count). The third-order valence-corrected chi connectivity index (χ3v) is 3.94. The molecule has 2 aromatic rings. The summed E-state index contributed by atoms with van der Waals surface area (Å²) in [4.78, 5) is 26.1. The van der Waals surface area contributed by atoms with Crippen LogP contribution in [0.5, 0.6) is 11.5 Å². The van der Waals surface area contributed by atoms with Crippen molar-refractivity contribution in [2.45, 2.75) is 12.5 Å². The first-order valence-corrected chi connectivity index (χ1v) is 7.64. The maximum atomic E-state index is 13.3. The van der Waals surface area contributed by atoms with E-state index in [1.165, 1.54) is 32.4 Å². The molecular formula is C18H17FN2O4. The number of nitrogens with one attached hydrogen (secondary N) is 1. The van der Waals surface area contributed by atoms with Gasteiger partial charge in [-0.25, -0.2) is 9.29 Å². The largest absolute Gasteiger partial charge is 0.493 e. The summed E-state index contributed by atoms with van der Waals surface area (Å²) in [5.41, 5.74) is 0.844. The maximum absolute atomic E-state index is 13.3. The third-order valence-electron chi connectivity index (χ3n) is 3.94. The zero-order valence-corrected chi connectivity index (χ0v) is 13.8. The molecule has 1 saturated heterocycles. The normalized spacial score (nSPS) is 16.9. The number of ether oxygens (including phenoxy) is 2. The number of hydrogen-bond acceptors (Lipinski definition) is 5. The average Bonchev–Trinajstić information content (AvgIpc) is 2.88. The van der Waals surface area contributed by atoms with Gasteiger partial charge in [0.1, 0.15) is 11.9 Å². The van der Waals surface area contributed by atoms with Crippen molar-refractivity contribution >= 4 is 23.2 Å². The lowest BCUT2D eigenvalue weighted by Gasteiger charge is -2.18. The van der Waals surface area contributed by atoms with Crippen molar-refractivity contribution in [3.8, 4) is 11.5 Å². The Hall–Kier alpha value is -3.09. The molecule has 1 fully saturated rings. The fourth-order valence-electron chi connectivity index (χ4n) is 2.76. The molecule has 0 saturated carbocycles. The van der Waals surface area contributed by atoms with Crippen LogP contribution in [0.1, 0.15) is 6.42 Å². The maximum Gasteiger partial charge on any atom is 0.256 e. The number of hydrogen-bond donors (Lipinski definition) is 1. The lowest BCUT2D eigenvalue weighted by Crippen LogP contribution is -2.34. The number of nitrogens with zero attached hydrogens (tertiary/aromatic N) is 1. The van der Waals surface area contributed by atoms with E-state index in [-0.39, 0.29) is 12.3 Å². The first-order chi connectivity index (χ1) is 12.0. The highest BCUT2D eigenvalue weighted by molar-refractivity contribution is 6.23. The van der Waals surface area contributed by atoms with Crippen molar-refractivity contribution in [3.05, 3.63) is 48.3 Å². The Morgan fingerprint density at radius 1 is 1.08 bits per heavy atom. The molecule has 0 aromatic heterocycles. The minimum absolute atomic E-state index is 0.0102. The van der Waals surface area contributed by atoms with Gasteiger partial charge < -0.3 is 14.8 Å². The van der Waals surface area contributed by atoms with E-state index >= 15 is 0 Å². The molecular weight excluding hydrogens is 327 g/mol. The lowest BCUT2D eigenvalue weighted by atomic mass is 10.2. The van der Waals surface area contributed by atoms with Gasteiger partial charge in [-0.1, -0.05) is 6.07 Å². The molecule has 130 valence electrons. The Labute approximate surface area is 144 Å². The predicted molar refractivity (Wildman–Crippen MR) is 90.5 cm³/mol. The number of rotatable bonds is 5. The van der Waals surface area contributed by atoms with Crippen LogP contribution < -0.4 is 19.7 Å². The first-order valence-electron chi connectivity index (χ1n) is 7.64. The fourth-order valence-corrected chi connectivity index (χ4v) is 2.76. The van der Waals surface area contributed by atoms with E-state index < -0.39 is 17.8 Å². The highest BCUT2D eigenvalue weighted by Crippen LogP contribution is 2.34. The summed E-state index contributed by atoms with van der Waals surface area (Å²) in [7, 11) is 2.98. The molecule has 7 heteroatoms. The number of methoxy groups -OCH3 is 2. The molecule has 0 bridgehead atoms. The molecule has 25 heavy (non-hydrogen) atoms. The molecule has 1 N–H and O–H groups in total. The number of imide groups is 1.